The number of benzene rings is 1. The lowest BCUT2D eigenvalue weighted by atomic mass is 10.0. The van der Waals surface area contributed by atoms with Crippen molar-refractivity contribution in [2.45, 2.75) is 58.6 Å². The van der Waals surface area contributed by atoms with Gasteiger partial charge in [-0.15, -0.1) is 0 Å². The highest BCUT2D eigenvalue weighted by atomic mass is 16.5. The molecule has 5 nitrogen and oxygen atoms in total. The van der Waals surface area contributed by atoms with E-state index in [1.807, 2.05) is 22.5 Å². The molecule has 2 heterocycles. The molecule has 1 aliphatic heterocycles. The van der Waals surface area contributed by atoms with Crippen LogP contribution in [0.2, 0.25) is 0 Å². The van der Waals surface area contributed by atoms with Crippen molar-refractivity contribution in [3.8, 4) is 5.75 Å². The molecule has 1 aromatic heterocycles. The maximum atomic E-state index is 12.4. The van der Waals surface area contributed by atoms with Gasteiger partial charge >= 0.3 is 0 Å². The molecule has 0 spiro atoms. The van der Waals surface area contributed by atoms with Crippen LogP contribution in [-0.4, -0.2) is 34.6 Å². The van der Waals surface area contributed by atoms with E-state index < -0.39 is 0 Å². The molecule has 0 bridgehead atoms. The highest BCUT2D eigenvalue weighted by Gasteiger charge is 2.32. The van der Waals surface area contributed by atoms with Crippen LogP contribution in [0, 0.1) is 20.8 Å². The third-order valence-electron chi connectivity index (χ3n) is 5.85. The SMILES string of the molecule is Cc1ccc(CCC(=O)N2CC(Oc3cc(C)n(C4CC4)c(=O)c3)C2)cc1C. The zero-order valence-corrected chi connectivity index (χ0v) is 16.9. The first-order valence-corrected chi connectivity index (χ1v) is 10.1. The van der Waals surface area contributed by atoms with Gasteiger partial charge < -0.3 is 14.2 Å². The Bertz CT molecular complexity index is 953. The molecular weight excluding hydrogens is 352 g/mol. The number of ether oxygens (including phenoxy) is 1. The number of pyridine rings is 1. The molecule has 2 fully saturated rings. The van der Waals surface area contributed by atoms with E-state index in [2.05, 4.69) is 32.0 Å². The minimum atomic E-state index is -0.0267. The number of carbonyl (C=O) groups is 1. The summed E-state index contributed by atoms with van der Waals surface area (Å²) in [6, 6.07) is 10.3. The molecule has 28 heavy (non-hydrogen) atoms. The second-order valence-corrected chi connectivity index (χ2v) is 8.23. The summed E-state index contributed by atoms with van der Waals surface area (Å²) in [6.07, 6.45) is 3.43. The molecule has 1 amide bonds. The Kier molecular flexibility index (Phi) is 5.00. The van der Waals surface area contributed by atoms with Gasteiger partial charge in [0.1, 0.15) is 11.9 Å². The average molecular weight is 380 g/mol. The Balaban J connectivity index is 1.27. The summed E-state index contributed by atoms with van der Waals surface area (Å²) in [7, 11) is 0. The zero-order valence-electron chi connectivity index (χ0n) is 16.9. The highest BCUT2D eigenvalue weighted by Crippen LogP contribution is 2.35. The number of rotatable bonds is 6. The summed E-state index contributed by atoms with van der Waals surface area (Å²) in [5.41, 5.74) is 4.71. The van der Waals surface area contributed by atoms with E-state index in [9.17, 15) is 9.59 Å². The number of likely N-dealkylation sites (tertiary alicyclic amines) is 1. The number of hydrogen-bond acceptors (Lipinski definition) is 3. The fraction of sp³-hybridized carbons (Fsp3) is 0.478. The molecule has 4 rings (SSSR count). The summed E-state index contributed by atoms with van der Waals surface area (Å²) in [4.78, 5) is 26.5. The highest BCUT2D eigenvalue weighted by molar-refractivity contribution is 5.77. The monoisotopic (exact) mass is 380 g/mol. The molecule has 0 unspecified atom stereocenters. The molecule has 5 heteroatoms. The molecule has 2 aliphatic rings. The van der Waals surface area contributed by atoms with Gasteiger partial charge in [0, 0.05) is 24.2 Å². The number of amides is 1. The Morgan fingerprint density at radius 3 is 2.46 bits per heavy atom. The number of carbonyl (C=O) groups excluding carboxylic acids is 1. The molecule has 1 saturated carbocycles. The van der Waals surface area contributed by atoms with Crippen molar-refractivity contribution in [2.75, 3.05) is 13.1 Å². The lowest BCUT2D eigenvalue weighted by Crippen LogP contribution is -2.56. The van der Waals surface area contributed by atoms with E-state index in [4.69, 9.17) is 4.74 Å². The largest absolute Gasteiger partial charge is 0.486 e. The summed E-state index contributed by atoms with van der Waals surface area (Å²) in [6.45, 7) is 7.34. The number of nitrogens with zero attached hydrogens (tertiary/aromatic N) is 2. The molecule has 2 aromatic rings. The van der Waals surface area contributed by atoms with Gasteiger partial charge in [-0.2, -0.15) is 0 Å². The van der Waals surface area contributed by atoms with Gasteiger partial charge in [0.05, 0.1) is 13.1 Å². The van der Waals surface area contributed by atoms with E-state index in [1.165, 1.54) is 16.7 Å². The standard InChI is InChI=1S/C23H28N2O3/c1-15-4-5-18(10-16(15)2)6-9-22(26)24-13-21(14-24)28-20-11-17(3)25(19-7-8-19)23(27)12-20/h4-5,10-12,19,21H,6-9,13-14H2,1-3H3. The molecule has 148 valence electrons. The van der Waals surface area contributed by atoms with Crippen LogP contribution in [0.25, 0.3) is 0 Å². The summed E-state index contributed by atoms with van der Waals surface area (Å²) >= 11 is 0. The second kappa shape index (κ2) is 7.46. The van der Waals surface area contributed by atoms with Crippen LogP contribution in [0.3, 0.4) is 0 Å². The van der Waals surface area contributed by atoms with Crippen molar-refractivity contribution >= 4 is 5.91 Å². The lowest BCUT2D eigenvalue weighted by molar-refractivity contribution is -0.139. The normalized spacial score (nSPS) is 16.8. The molecular formula is C23H28N2O3. The molecule has 0 N–H and O–H groups in total. The van der Waals surface area contributed by atoms with Crippen molar-refractivity contribution in [3.05, 3.63) is 63.1 Å². The van der Waals surface area contributed by atoms with Crippen molar-refractivity contribution in [2.24, 2.45) is 0 Å². The Morgan fingerprint density at radius 1 is 1.07 bits per heavy atom. The predicted octanol–water partition coefficient (Wildman–Crippen LogP) is 3.33. The van der Waals surface area contributed by atoms with Crippen LogP contribution in [-0.2, 0) is 11.2 Å². The second-order valence-electron chi connectivity index (χ2n) is 8.23. The van der Waals surface area contributed by atoms with Crippen molar-refractivity contribution in [3.63, 3.8) is 0 Å². The first-order chi connectivity index (χ1) is 13.4. The van der Waals surface area contributed by atoms with E-state index in [-0.39, 0.29) is 17.6 Å². The fourth-order valence-corrected chi connectivity index (χ4v) is 3.83. The lowest BCUT2D eigenvalue weighted by Gasteiger charge is -2.39. The summed E-state index contributed by atoms with van der Waals surface area (Å²) in [5, 5.41) is 0. The van der Waals surface area contributed by atoms with Gasteiger partial charge in [0.2, 0.25) is 5.91 Å². The number of aromatic nitrogens is 1. The van der Waals surface area contributed by atoms with Gasteiger partial charge in [0.25, 0.3) is 5.56 Å². The number of aryl methyl sites for hydroxylation is 4. The van der Waals surface area contributed by atoms with Crippen molar-refractivity contribution in [1.82, 2.24) is 9.47 Å². The predicted molar refractivity (Wildman–Crippen MR) is 109 cm³/mol. The summed E-state index contributed by atoms with van der Waals surface area (Å²) in [5.74, 6) is 0.782. The van der Waals surface area contributed by atoms with Gasteiger partial charge in [0.15, 0.2) is 0 Å². The van der Waals surface area contributed by atoms with Gasteiger partial charge in [-0.3, -0.25) is 9.59 Å². The minimum Gasteiger partial charge on any atom is -0.486 e. The van der Waals surface area contributed by atoms with Crippen LogP contribution < -0.4 is 10.3 Å². The quantitative estimate of drug-likeness (QED) is 0.772. The Labute approximate surface area is 165 Å². The van der Waals surface area contributed by atoms with Crippen molar-refractivity contribution < 1.29 is 9.53 Å². The van der Waals surface area contributed by atoms with Crippen molar-refractivity contribution in [1.29, 1.82) is 0 Å². The van der Waals surface area contributed by atoms with Gasteiger partial charge in [-0.1, -0.05) is 18.2 Å². The van der Waals surface area contributed by atoms with E-state index in [0.717, 1.165) is 25.0 Å². The molecule has 1 aliphatic carbocycles. The summed E-state index contributed by atoms with van der Waals surface area (Å²) < 4.78 is 7.79. The first kappa shape index (κ1) is 18.8. The third-order valence-corrected chi connectivity index (χ3v) is 5.85. The fourth-order valence-electron chi connectivity index (χ4n) is 3.83. The first-order valence-electron chi connectivity index (χ1n) is 10.1. The minimum absolute atomic E-state index is 0.0122. The maximum Gasteiger partial charge on any atom is 0.254 e. The maximum absolute atomic E-state index is 12.4. The van der Waals surface area contributed by atoms with E-state index >= 15 is 0 Å². The van der Waals surface area contributed by atoms with E-state index in [0.29, 0.717) is 31.3 Å². The van der Waals surface area contributed by atoms with Crippen LogP contribution in [0.15, 0.2) is 35.1 Å². The van der Waals surface area contributed by atoms with E-state index in [1.54, 1.807) is 6.07 Å². The van der Waals surface area contributed by atoms with Crippen LogP contribution in [0.4, 0.5) is 0 Å². The Morgan fingerprint density at radius 2 is 1.82 bits per heavy atom. The van der Waals surface area contributed by atoms with Crippen LogP contribution >= 0.6 is 0 Å². The molecule has 0 radical (unpaired) electrons. The zero-order chi connectivity index (χ0) is 19.8. The van der Waals surface area contributed by atoms with Crippen LogP contribution in [0.1, 0.15) is 47.7 Å². The Hall–Kier alpha value is -2.56. The number of hydrogen-bond donors (Lipinski definition) is 0. The van der Waals surface area contributed by atoms with Gasteiger partial charge in [-0.05, 0) is 62.8 Å². The smallest absolute Gasteiger partial charge is 0.254 e. The van der Waals surface area contributed by atoms with Gasteiger partial charge in [-0.25, -0.2) is 0 Å². The topological polar surface area (TPSA) is 51.5 Å². The average Bonchev–Trinajstić information content (AvgIpc) is 3.43. The molecule has 1 aromatic carbocycles. The molecule has 1 saturated heterocycles. The molecule has 0 atom stereocenters. The van der Waals surface area contributed by atoms with Crippen LogP contribution in [0.5, 0.6) is 5.75 Å². The third kappa shape index (κ3) is 3.98.